The van der Waals surface area contributed by atoms with Crippen LogP contribution < -0.4 is 20.3 Å². The zero-order valence-electron chi connectivity index (χ0n) is 17.3. The lowest BCUT2D eigenvalue weighted by Gasteiger charge is -2.12. The van der Waals surface area contributed by atoms with Gasteiger partial charge in [0.1, 0.15) is 11.5 Å². The molecule has 2 rings (SSSR count). The number of hydrogen-bond acceptors (Lipinski definition) is 6. The first-order valence-electron chi connectivity index (χ1n) is 9.57. The maximum absolute atomic E-state index is 11.9. The lowest BCUT2D eigenvalue weighted by molar-refractivity contribution is -0.131. The molecule has 2 aromatic rings. The van der Waals surface area contributed by atoms with Gasteiger partial charge in [-0.15, -0.1) is 0 Å². The molecule has 0 aromatic heterocycles. The fourth-order valence-electron chi connectivity index (χ4n) is 2.49. The molecule has 8 nitrogen and oxygen atoms in total. The van der Waals surface area contributed by atoms with Crippen LogP contribution in [0.2, 0.25) is 0 Å². The second-order valence-electron chi connectivity index (χ2n) is 6.55. The number of ether oxygens (including phenoxy) is 3. The summed E-state index contributed by atoms with van der Waals surface area (Å²) < 4.78 is 15.9. The molecule has 2 aromatic carbocycles. The molecule has 0 saturated carbocycles. The van der Waals surface area contributed by atoms with Gasteiger partial charge in [-0.3, -0.25) is 20.4 Å². The van der Waals surface area contributed by atoms with Gasteiger partial charge in [0.25, 0.3) is 11.8 Å². The molecule has 0 saturated heterocycles. The van der Waals surface area contributed by atoms with Gasteiger partial charge in [0.05, 0.1) is 12.2 Å². The summed E-state index contributed by atoms with van der Waals surface area (Å²) in [5.41, 5.74) is 6.76. The van der Waals surface area contributed by atoms with Crippen LogP contribution in [0.1, 0.15) is 34.8 Å². The number of esters is 1. The molecule has 0 aliphatic rings. The van der Waals surface area contributed by atoms with Crippen molar-refractivity contribution in [1.29, 1.82) is 0 Å². The van der Waals surface area contributed by atoms with Crippen LogP contribution in [0.15, 0.2) is 42.5 Å². The van der Waals surface area contributed by atoms with Crippen LogP contribution >= 0.6 is 0 Å². The van der Waals surface area contributed by atoms with Gasteiger partial charge in [-0.05, 0) is 55.7 Å². The van der Waals surface area contributed by atoms with E-state index in [0.717, 1.165) is 17.5 Å². The first-order chi connectivity index (χ1) is 14.4. The monoisotopic (exact) mass is 414 g/mol. The average Bonchev–Trinajstić information content (AvgIpc) is 2.74. The molecule has 2 amide bonds. The van der Waals surface area contributed by atoms with Gasteiger partial charge in [-0.25, -0.2) is 4.79 Å². The van der Waals surface area contributed by atoms with Crippen molar-refractivity contribution in [2.45, 2.75) is 27.2 Å². The van der Waals surface area contributed by atoms with E-state index in [2.05, 4.69) is 10.9 Å². The third kappa shape index (κ3) is 7.12. The molecule has 0 radical (unpaired) electrons. The van der Waals surface area contributed by atoms with Crippen molar-refractivity contribution in [3.8, 4) is 11.5 Å². The fourth-order valence-corrected chi connectivity index (χ4v) is 2.49. The van der Waals surface area contributed by atoms with Crippen LogP contribution in [0, 0.1) is 13.8 Å². The van der Waals surface area contributed by atoms with Gasteiger partial charge in [0.2, 0.25) is 0 Å². The highest BCUT2D eigenvalue weighted by Crippen LogP contribution is 2.21. The molecule has 0 fully saturated rings. The van der Waals surface area contributed by atoms with E-state index in [1.54, 1.807) is 24.3 Å². The number of amides is 2. The topological polar surface area (TPSA) is 103 Å². The summed E-state index contributed by atoms with van der Waals surface area (Å²) in [4.78, 5) is 35.4. The first kappa shape index (κ1) is 22.7. The van der Waals surface area contributed by atoms with Gasteiger partial charge < -0.3 is 14.2 Å². The summed E-state index contributed by atoms with van der Waals surface area (Å²) in [7, 11) is 0. The van der Waals surface area contributed by atoms with Crippen molar-refractivity contribution >= 4 is 17.8 Å². The van der Waals surface area contributed by atoms with E-state index in [9.17, 15) is 14.4 Å². The van der Waals surface area contributed by atoms with Crippen LogP contribution in [0.5, 0.6) is 11.5 Å². The highest BCUT2D eigenvalue weighted by Gasteiger charge is 2.10. The Labute approximate surface area is 175 Å². The van der Waals surface area contributed by atoms with Crippen molar-refractivity contribution < 1.29 is 28.6 Å². The molecular formula is C22H26N2O6. The SMILES string of the molecule is CCCOC(=O)c1ccc(OCC(=O)NNC(=O)COc2c(C)cccc2C)cc1. The van der Waals surface area contributed by atoms with Gasteiger partial charge >= 0.3 is 5.97 Å². The van der Waals surface area contributed by atoms with Gasteiger partial charge in [0, 0.05) is 0 Å². The minimum absolute atomic E-state index is 0.234. The molecule has 0 spiro atoms. The number of nitrogens with one attached hydrogen (secondary N) is 2. The molecule has 0 aliphatic carbocycles. The standard InChI is InChI=1S/C22H26N2O6/c1-4-12-28-22(27)17-8-10-18(11-9-17)29-13-19(25)23-24-20(26)14-30-21-15(2)6-5-7-16(21)3/h5-11H,4,12-14H2,1-3H3,(H,23,25)(H,24,26). The number of rotatable bonds is 9. The predicted octanol–water partition coefficient (Wildman–Crippen LogP) is 2.48. The van der Waals surface area contributed by atoms with Crippen molar-refractivity contribution in [3.05, 3.63) is 59.2 Å². The summed E-state index contributed by atoms with van der Waals surface area (Å²) in [6.07, 6.45) is 0.746. The largest absolute Gasteiger partial charge is 0.484 e. The summed E-state index contributed by atoms with van der Waals surface area (Å²) in [6, 6.07) is 11.9. The maximum Gasteiger partial charge on any atom is 0.338 e. The Hall–Kier alpha value is -3.55. The Kier molecular flexibility index (Phi) is 8.68. The molecule has 30 heavy (non-hydrogen) atoms. The van der Waals surface area contributed by atoms with E-state index < -0.39 is 17.8 Å². The molecule has 2 N–H and O–H groups in total. The van der Waals surface area contributed by atoms with E-state index in [4.69, 9.17) is 14.2 Å². The molecule has 160 valence electrons. The van der Waals surface area contributed by atoms with Crippen molar-refractivity contribution in [1.82, 2.24) is 10.9 Å². The van der Waals surface area contributed by atoms with E-state index in [-0.39, 0.29) is 13.2 Å². The van der Waals surface area contributed by atoms with Crippen LogP contribution in [-0.4, -0.2) is 37.6 Å². The Morgan fingerprint density at radius 1 is 0.833 bits per heavy atom. The molecule has 0 heterocycles. The zero-order valence-corrected chi connectivity index (χ0v) is 17.3. The minimum Gasteiger partial charge on any atom is -0.484 e. The van der Waals surface area contributed by atoms with Gasteiger partial charge in [-0.1, -0.05) is 25.1 Å². The molecule has 0 aliphatic heterocycles. The summed E-state index contributed by atoms with van der Waals surface area (Å²) >= 11 is 0. The van der Waals surface area contributed by atoms with Crippen molar-refractivity contribution in [2.24, 2.45) is 0 Å². The molecule has 0 atom stereocenters. The number of benzene rings is 2. The van der Waals surface area contributed by atoms with E-state index in [1.807, 2.05) is 39.0 Å². The second kappa shape index (κ2) is 11.5. The Morgan fingerprint density at radius 2 is 1.40 bits per heavy atom. The normalized spacial score (nSPS) is 10.1. The van der Waals surface area contributed by atoms with E-state index in [0.29, 0.717) is 23.7 Å². The average molecular weight is 414 g/mol. The summed E-state index contributed by atoms with van der Waals surface area (Å²) in [5.74, 6) is -0.402. The number of hydrazine groups is 1. The minimum atomic E-state index is -0.540. The first-order valence-corrected chi connectivity index (χ1v) is 9.57. The van der Waals surface area contributed by atoms with E-state index >= 15 is 0 Å². The second-order valence-corrected chi connectivity index (χ2v) is 6.55. The third-order valence-electron chi connectivity index (χ3n) is 3.99. The highest BCUT2D eigenvalue weighted by molar-refractivity contribution is 5.89. The lowest BCUT2D eigenvalue weighted by atomic mass is 10.1. The molecule has 0 unspecified atom stereocenters. The number of hydrogen-bond donors (Lipinski definition) is 2. The number of para-hydroxylation sites is 1. The molecule has 0 bridgehead atoms. The number of aryl methyl sites for hydroxylation is 2. The Morgan fingerprint density at radius 3 is 1.97 bits per heavy atom. The zero-order chi connectivity index (χ0) is 21.9. The fraction of sp³-hybridized carbons (Fsp3) is 0.318. The molecule has 8 heteroatoms. The van der Waals surface area contributed by atoms with Crippen LogP contribution in [0.4, 0.5) is 0 Å². The van der Waals surface area contributed by atoms with Crippen molar-refractivity contribution in [2.75, 3.05) is 19.8 Å². The lowest BCUT2D eigenvalue weighted by Crippen LogP contribution is -2.45. The number of carbonyl (C=O) groups excluding carboxylic acids is 3. The van der Waals surface area contributed by atoms with Gasteiger partial charge in [-0.2, -0.15) is 0 Å². The summed E-state index contributed by atoms with van der Waals surface area (Å²) in [5, 5.41) is 0. The van der Waals surface area contributed by atoms with Crippen LogP contribution in [0.25, 0.3) is 0 Å². The smallest absolute Gasteiger partial charge is 0.338 e. The Balaban J connectivity index is 1.70. The maximum atomic E-state index is 11.9. The predicted molar refractivity (Wildman–Crippen MR) is 110 cm³/mol. The van der Waals surface area contributed by atoms with Crippen LogP contribution in [0.3, 0.4) is 0 Å². The number of carbonyl (C=O) groups is 3. The van der Waals surface area contributed by atoms with Crippen LogP contribution in [-0.2, 0) is 14.3 Å². The van der Waals surface area contributed by atoms with Crippen molar-refractivity contribution in [3.63, 3.8) is 0 Å². The van der Waals surface area contributed by atoms with Gasteiger partial charge in [0.15, 0.2) is 13.2 Å². The Bertz CT molecular complexity index is 859. The van der Waals surface area contributed by atoms with E-state index in [1.165, 1.54) is 0 Å². The quantitative estimate of drug-likeness (QED) is 0.483. The highest BCUT2D eigenvalue weighted by atomic mass is 16.5. The third-order valence-corrected chi connectivity index (χ3v) is 3.99. The summed E-state index contributed by atoms with van der Waals surface area (Å²) in [6.45, 7) is 5.51. The molecular weight excluding hydrogens is 388 g/mol.